The summed E-state index contributed by atoms with van der Waals surface area (Å²) in [6.07, 6.45) is 2.59. The maximum Gasteiger partial charge on any atom is 0.118 e. The first-order valence-electron chi connectivity index (χ1n) is 8.13. The highest BCUT2D eigenvalue weighted by Gasteiger charge is 2.37. The molecule has 1 aliphatic heterocycles. The number of nitrogens with zero attached hydrogens (tertiary/aromatic N) is 1. The first-order valence-corrected chi connectivity index (χ1v) is 8.13. The molecule has 0 radical (unpaired) electrons. The van der Waals surface area contributed by atoms with Gasteiger partial charge in [0.25, 0.3) is 0 Å². The second kappa shape index (κ2) is 6.80. The molecule has 1 fully saturated rings. The molecule has 1 heterocycles. The third-order valence-corrected chi connectivity index (χ3v) is 4.84. The van der Waals surface area contributed by atoms with Crippen molar-refractivity contribution in [2.75, 3.05) is 20.2 Å². The third kappa shape index (κ3) is 3.58. The van der Waals surface area contributed by atoms with E-state index in [9.17, 15) is 0 Å². The number of methoxy groups -OCH3 is 1. The highest BCUT2D eigenvalue weighted by Crippen LogP contribution is 2.34. The summed E-state index contributed by atoms with van der Waals surface area (Å²) >= 11 is 0. The Balaban J connectivity index is 2.20. The van der Waals surface area contributed by atoms with Gasteiger partial charge in [-0.15, -0.1) is 0 Å². The minimum atomic E-state index is 0.305. The van der Waals surface area contributed by atoms with E-state index in [0.29, 0.717) is 17.6 Å². The molecule has 3 nitrogen and oxygen atoms in total. The molecule has 1 aliphatic rings. The predicted molar refractivity (Wildman–Crippen MR) is 88.9 cm³/mol. The van der Waals surface area contributed by atoms with Crippen LogP contribution in [0.1, 0.15) is 52.1 Å². The van der Waals surface area contributed by atoms with Gasteiger partial charge in [-0.1, -0.05) is 19.1 Å². The van der Waals surface area contributed by atoms with Crippen LogP contribution in [0.15, 0.2) is 24.3 Å². The van der Waals surface area contributed by atoms with Gasteiger partial charge in [0.15, 0.2) is 0 Å². The summed E-state index contributed by atoms with van der Waals surface area (Å²) in [5.74, 6) is 0.920. The largest absolute Gasteiger partial charge is 0.497 e. The Labute approximate surface area is 129 Å². The van der Waals surface area contributed by atoms with Crippen LogP contribution < -0.4 is 10.1 Å². The molecule has 0 spiro atoms. The predicted octanol–water partition coefficient (Wildman–Crippen LogP) is 3.61. The minimum absolute atomic E-state index is 0.305. The fourth-order valence-corrected chi connectivity index (χ4v) is 3.66. The molecule has 2 atom stereocenters. The van der Waals surface area contributed by atoms with E-state index in [0.717, 1.165) is 12.3 Å². The Hall–Kier alpha value is -1.06. The van der Waals surface area contributed by atoms with Crippen molar-refractivity contribution in [3.63, 3.8) is 0 Å². The molecule has 1 aromatic rings. The van der Waals surface area contributed by atoms with E-state index >= 15 is 0 Å². The summed E-state index contributed by atoms with van der Waals surface area (Å²) in [6.45, 7) is 11.4. The van der Waals surface area contributed by atoms with E-state index in [4.69, 9.17) is 4.74 Å². The first-order chi connectivity index (χ1) is 9.99. The Morgan fingerprint density at radius 3 is 2.43 bits per heavy atom. The number of ether oxygens (including phenoxy) is 1. The Morgan fingerprint density at radius 1 is 1.29 bits per heavy atom. The minimum Gasteiger partial charge on any atom is -0.497 e. The van der Waals surface area contributed by atoms with Gasteiger partial charge in [-0.25, -0.2) is 0 Å². The molecule has 2 unspecified atom stereocenters. The van der Waals surface area contributed by atoms with E-state index < -0.39 is 0 Å². The highest BCUT2D eigenvalue weighted by molar-refractivity contribution is 5.30. The number of hydrogen-bond acceptors (Lipinski definition) is 3. The Kier molecular flexibility index (Phi) is 5.28. The van der Waals surface area contributed by atoms with Gasteiger partial charge >= 0.3 is 0 Å². The lowest BCUT2D eigenvalue weighted by atomic mass is 9.94. The number of nitrogens with one attached hydrogen (secondary N) is 1. The van der Waals surface area contributed by atoms with Crippen LogP contribution in [0.3, 0.4) is 0 Å². The van der Waals surface area contributed by atoms with Crippen molar-refractivity contribution in [1.82, 2.24) is 10.2 Å². The lowest BCUT2D eigenvalue weighted by Gasteiger charge is -2.41. The average Bonchev–Trinajstić information content (AvgIpc) is 2.84. The average molecular weight is 290 g/mol. The Bertz CT molecular complexity index is 441. The molecule has 21 heavy (non-hydrogen) atoms. The van der Waals surface area contributed by atoms with Crippen LogP contribution in [0.2, 0.25) is 0 Å². The van der Waals surface area contributed by atoms with Crippen molar-refractivity contribution >= 4 is 0 Å². The molecule has 0 amide bonds. The molecule has 118 valence electrons. The second-order valence-corrected chi connectivity index (χ2v) is 6.66. The molecule has 1 N–H and O–H groups in total. The molecule has 0 saturated carbocycles. The topological polar surface area (TPSA) is 24.5 Å². The quantitative estimate of drug-likeness (QED) is 0.866. The van der Waals surface area contributed by atoms with Crippen molar-refractivity contribution in [3.05, 3.63) is 29.8 Å². The van der Waals surface area contributed by atoms with E-state index in [-0.39, 0.29) is 0 Å². The summed E-state index contributed by atoms with van der Waals surface area (Å²) in [5, 5.41) is 3.67. The third-order valence-electron chi connectivity index (χ3n) is 4.84. The van der Waals surface area contributed by atoms with Crippen molar-refractivity contribution in [2.45, 2.75) is 58.2 Å². The summed E-state index contributed by atoms with van der Waals surface area (Å²) in [5.41, 5.74) is 1.65. The van der Waals surface area contributed by atoms with Crippen LogP contribution in [-0.2, 0) is 0 Å². The molecule has 0 aromatic heterocycles. The van der Waals surface area contributed by atoms with E-state index in [2.05, 4.69) is 62.2 Å². The highest BCUT2D eigenvalue weighted by atomic mass is 16.5. The number of rotatable bonds is 6. The zero-order chi connectivity index (χ0) is 15.5. The fraction of sp³-hybridized carbons (Fsp3) is 0.667. The van der Waals surface area contributed by atoms with Gasteiger partial charge in [-0.3, -0.25) is 4.90 Å². The molecular weight excluding hydrogens is 260 g/mol. The van der Waals surface area contributed by atoms with Gasteiger partial charge in [0.05, 0.1) is 7.11 Å². The number of benzene rings is 1. The number of likely N-dealkylation sites (tertiary alicyclic amines) is 1. The van der Waals surface area contributed by atoms with Gasteiger partial charge in [0.1, 0.15) is 5.75 Å². The lowest BCUT2D eigenvalue weighted by molar-refractivity contribution is 0.0993. The van der Waals surface area contributed by atoms with Crippen molar-refractivity contribution in [1.29, 1.82) is 0 Å². The Morgan fingerprint density at radius 2 is 1.95 bits per heavy atom. The van der Waals surface area contributed by atoms with Gasteiger partial charge in [-0.2, -0.15) is 0 Å². The van der Waals surface area contributed by atoms with Crippen molar-refractivity contribution in [2.24, 2.45) is 0 Å². The zero-order valence-corrected chi connectivity index (χ0v) is 14.1. The summed E-state index contributed by atoms with van der Waals surface area (Å²) in [7, 11) is 1.71. The zero-order valence-electron chi connectivity index (χ0n) is 14.1. The summed E-state index contributed by atoms with van der Waals surface area (Å²) in [6, 6.07) is 9.33. The number of hydrogen-bond donors (Lipinski definition) is 1. The maximum atomic E-state index is 5.27. The first kappa shape index (κ1) is 16.3. The van der Waals surface area contributed by atoms with Gasteiger partial charge in [-0.05, 0) is 64.4 Å². The van der Waals surface area contributed by atoms with Crippen molar-refractivity contribution < 1.29 is 4.74 Å². The van der Waals surface area contributed by atoms with E-state index in [1.54, 1.807) is 7.11 Å². The lowest BCUT2D eigenvalue weighted by Crippen LogP contribution is -2.49. The molecule has 0 aliphatic carbocycles. The van der Waals surface area contributed by atoms with Gasteiger partial charge in [0.2, 0.25) is 0 Å². The molecule has 3 heteroatoms. The number of likely N-dealkylation sites (N-methyl/N-ethyl adjacent to an activating group) is 1. The molecule has 1 aromatic carbocycles. The van der Waals surface area contributed by atoms with Crippen LogP contribution >= 0.6 is 0 Å². The van der Waals surface area contributed by atoms with Crippen LogP contribution in [0.25, 0.3) is 0 Å². The normalized spacial score (nSPS) is 21.2. The molecular formula is C18H30N2O. The van der Waals surface area contributed by atoms with Crippen LogP contribution in [0.5, 0.6) is 5.75 Å². The van der Waals surface area contributed by atoms with Crippen LogP contribution in [0, 0.1) is 0 Å². The van der Waals surface area contributed by atoms with Crippen LogP contribution in [-0.4, -0.2) is 36.7 Å². The van der Waals surface area contributed by atoms with Crippen LogP contribution in [0.4, 0.5) is 0 Å². The maximum absolute atomic E-state index is 5.27. The van der Waals surface area contributed by atoms with Crippen molar-refractivity contribution in [3.8, 4) is 5.75 Å². The van der Waals surface area contributed by atoms with E-state index in [1.807, 2.05) is 0 Å². The monoisotopic (exact) mass is 290 g/mol. The fourth-order valence-electron chi connectivity index (χ4n) is 3.66. The van der Waals surface area contributed by atoms with Gasteiger partial charge < -0.3 is 10.1 Å². The molecule has 0 bridgehead atoms. The van der Waals surface area contributed by atoms with E-state index in [1.165, 1.54) is 24.9 Å². The summed E-state index contributed by atoms with van der Waals surface area (Å²) in [4.78, 5) is 2.66. The SMILES string of the molecule is CCNC(c1ccc(OC)cc1)C(C)N1CCCC1(C)C. The van der Waals surface area contributed by atoms with Gasteiger partial charge in [0, 0.05) is 17.6 Å². The molecule has 1 saturated heterocycles. The summed E-state index contributed by atoms with van der Waals surface area (Å²) < 4.78 is 5.27. The standard InChI is InChI=1S/C18H30N2O/c1-6-19-17(15-8-10-16(21-5)11-9-15)14(2)20-13-7-12-18(20,3)4/h8-11,14,17,19H,6-7,12-13H2,1-5H3. The molecule has 2 rings (SSSR count). The second-order valence-electron chi connectivity index (χ2n) is 6.66. The smallest absolute Gasteiger partial charge is 0.118 e.